The van der Waals surface area contributed by atoms with Crippen LogP contribution in [0.3, 0.4) is 0 Å². The highest BCUT2D eigenvalue weighted by atomic mass is 19.4. The zero-order valence-corrected chi connectivity index (χ0v) is 10.3. The SMILES string of the molecule is CCC(CC)C(OC(=O)CCC(=O)[O-])C(F)(F)F. The Hall–Kier alpha value is -1.27. The lowest BCUT2D eigenvalue weighted by Crippen LogP contribution is -2.40. The summed E-state index contributed by atoms with van der Waals surface area (Å²) in [4.78, 5) is 21.2. The van der Waals surface area contributed by atoms with Crippen molar-refractivity contribution in [3.63, 3.8) is 0 Å². The topological polar surface area (TPSA) is 66.4 Å². The van der Waals surface area contributed by atoms with E-state index in [9.17, 15) is 27.9 Å². The molecule has 0 radical (unpaired) electrons. The average molecular weight is 269 g/mol. The normalized spacial score (nSPS) is 13.4. The molecule has 0 bridgehead atoms. The first-order valence-corrected chi connectivity index (χ1v) is 5.68. The Bertz CT molecular complexity index is 285. The van der Waals surface area contributed by atoms with E-state index >= 15 is 0 Å². The van der Waals surface area contributed by atoms with Crippen LogP contribution in [0, 0.1) is 5.92 Å². The number of carboxylic acid groups (broad SMARTS) is 1. The molecule has 4 nitrogen and oxygen atoms in total. The third-order valence-electron chi connectivity index (χ3n) is 2.59. The van der Waals surface area contributed by atoms with Gasteiger partial charge in [-0.25, -0.2) is 0 Å². The number of carbonyl (C=O) groups excluding carboxylic acids is 2. The van der Waals surface area contributed by atoms with Gasteiger partial charge in [-0.15, -0.1) is 0 Å². The summed E-state index contributed by atoms with van der Waals surface area (Å²) in [6.45, 7) is 3.14. The van der Waals surface area contributed by atoms with Gasteiger partial charge in [0.25, 0.3) is 0 Å². The van der Waals surface area contributed by atoms with Crippen LogP contribution in [0.15, 0.2) is 0 Å². The monoisotopic (exact) mass is 269 g/mol. The second kappa shape index (κ2) is 7.23. The van der Waals surface area contributed by atoms with Crippen molar-refractivity contribution < 1.29 is 32.6 Å². The molecule has 0 saturated carbocycles. The molecule has 106 valence electrons. The smallest absolute Gasteiger partial charge is 0.425 e. The summed E-state index contributed by atoms with van der Waals surface area (Å²) in [5.74, 6) is -3.50. The number of ether oxygens (including phenoxy) is 1. The summed E-state index contributed by atoms with van der Waals surface area (Å²) in [6.07, 6.45) is -7.65. The van der Waals surface area contributed by atoms with Crippen LogP contribution in [0.1, 0.15) is 39.5 Å². The average Bonchev–Trinajstić information content (AvgIpc) is 2.25. The van der Waals surface area contributed by atoms with Gasteiger partial charge in [0.2, 0.25) is 0 Å². The fourth-order valence-corrected chi connectivity index (χ4v) is 1.55. The van der Waals surface area contributed by atoms with E-state index in [1.54, 1.807) is 13.8 Å². The molecule has 0 aliphatic rings. The van der Waals surface area contributed by atoms with E-state index in [2.05, 4.69) is 4.74 Å². The molecule has 0 heterocycles. The second-order valence-electron chi connectivity index (χ2n) is 3.90. The molecule has 0 aromatic carbocycles. The number of rotatable bonds is 7. The number of hydrogen-bond donors (Lipinski definition) is 0. The van der Waals surface area contributed by atoms with Crippen molar-refractivity contribution in [2.75, 3.05) is 0 Å². The molecule has 7 heteroatoms. The van der Waals surface area contributed by atoms with Crippen molar-refractivity contribution in [3.05, 3.63) is 0 Å². The highest BCUT2D eigenvalue weighted by molar-refractivity contribution is 5.75. The molecule has 1 unspecified atom stereocenters. The minimum absolute atomic E-state index is 0.217. The Balaban J connectivity index is 4.60. The lowest BCUT2D eigenvalue weighted by molar-refractivity contribution is -0.305. The molecular formula is C11H16F3O4-. The van der Waals surface area contributed by atoms with Gasteiger partial charge in [0.05, 0.1) is 6.42 Å². The van der Waals surface area contributed by atoms with Crippen LogP contribution in [-0.4, -0.2) is 24.2 Å². The van der Waals surface area contributed by atoms with E-state index in [1.165, 1.54) is 0 Å². The summed E-state index contributed by atoms with van der Waals surface area (Å²) in [5.41, 5.74) is 0. The van der Waals surface area contributed by atoms with Crippen LogP contribution in [0.25, 0.3) is 0 Å². The number of alkyl halides is 3. The molecule has 1 atom stereocenters. The van der Waals surface area contributed by atoms with E-state index in [1.807, 2.05) is 0 Å². The molecule has 0 amide bonds. The van der Waals surface area contributed by atoms with Gasteiger partial charge in [0, 0.05) is 11.9 Å². The van der Waals surface area contributed by atoms with Crippen molar-refractivity contribution in [2.45, 2.75) is 51.8 Å². The van der Waals surface area contributed by atoms with Gasteiger partial charge in [-0.1, -0.05) is 13.8 Å². The molecule has 0 N–H and O–H groups in total. The minimum atomic E-state index is -4.65. The molecule has 0 fully saturated rings. The van der Waals surface area contributed by atoms with Crippen LogP contribution in [-0.2, 0) is 14.3 Å². The minimum Gasteiger partial charge on any atom is -0.550 e. The molecular weight excluding hydrogens is 253 g/mol. The Morgan fingerprint density at radius 2 is 1.67 bits per heavy atom. The van der Waals surface area contributed by atoms with Gasteiger partial charge < -0.3 is 14.6 Å². The molecule has 0 aromatic rings. The van der Waals surface area contributed by atoms with Gasteiger partial charge in [-0.2, -0.15) is 13.2 Å². The number of esters is 1. The molecule has 0 saturated heterocycles. The Morgan fingerprint density at radius 1 is 1.17 bits per heavy atom. The van der Waals surface area contributed by atoms with E-state index in [0.29, 0.717) is 0 Å². The first-order valence-electron chi connectivity index (χ1n) is 5.68. The maximum atomic E-state index is 12.7. The Kier molecular flexibility index (Phi) is 6.72. The van der Waals surface area contributed by atoms with Crippen LogP contribution >= 0.6 is 0 Å². The number of hydrogen-bond acceptors (Lipinski definition) is 4. The fraction of sp³-hybridized carbons (Fsp3) is 0.818. The summed E-state index contributed by atoms with van der Waals surface area (Å²) >= 11 is 0. The van der Waals surface area contributed by atoms with E-state index < -0.39 is 43.0 Å². The van der Waals surface area contributed by atoms with Crippen LogP contribution in [0.5, 0.6) is 0 Å². The summed E-state index contributed by atoms with van der Waals surface area (Å²) < 4.78 is 42.4. The van der Waals surface area contributed by atoms with Gasteiger partial charge in [-0.3, -0.25) is 4.79 Å². The van der Waals surface area contributed by atoms with Crippen molar-refractivity contribution in [3.8, 4) is 0 Å². The quantitative estimate of drug-likeness (QED) is 0.656. The zero-order valence-electron chi connectivity index (χ0n) is 10.3. The number of carbonyl (C=O) groups is 2. The predicted molar refractivity (Wildman–Crippen MR) is 54.2 cm³/mol. The van der Waals surface area contributed by atoms with Gasteiger partial charge in [0.15, 0.2) is 6.10 Å². The van der Waals surface area contributed by atoms with Crippen LogP contribution in [0.4, 0.5) is 13.2 Å². The third kappa shape index (κ3) is 5.88. The summed E-state index contributed by atoms with van der Waals surface area (Å²) in [7, 11) is 0. The highest BCUT2D eigenvalue weighted by Crippen LogP contribution is 2.32. The van der Waals surface area contributed by atoms with Crippen molar-refractivity contribution in [1.29, 1.82) is 0 Å². The van der Waals surface area contributed by atoms with Gasteiger partial charge >= 0.3 is 12.1 Å². The molecule has 0 aromatic heterocycles. The Morgan fingerprint density at radius 3 is 2.00 bits per heavy atom. The number of aliphatic carboxylic acids is 1. The van der Waals surface area contributed by atoms with E-state index in [-0.39, 0.29) is 12.8 Å². The number of halogens is 3. The lowest BCUT2D eigenvalue weighted by atomic mass is 9.96. The van der Waals surface area contributed by atoms with Gasteiger partial charge in [0.1, 0.15) is 0 Å². The maximum absolute atomic E-state index is 12.7. The van der Waals surface area contributed by atoms with E-state index in [0.717, 1.165) is 0 Å². The highest BCUT2D eigenvalue weighted by Gasteiger charge is 2.46. The summed E-state index contributed by atoms with van der Waals surface area (Å²) in [6, 6.07) is 0. The zero-order chi connectivity index (χ0) is 14.3. The number of carboxylic acids is 1. The molecule has 0 rings (SSSR count). The van der Waals surface area contributed by atoms with Gasteiger partial charge in [-0.05, 0) is 19.3 Å². The standard InChI is InChI=1S/C11H17F3O4/c1-3-7(4-2)10(11(12,13)14)18-9(17)6-5-8(15)16/h7,10H,3-6H2,1-2H3,(H,15,16)/p-1. The third-order valence-corrected chi connectivity index (χ3v) is 2.59. The van der Waals surface area contributed by atoms with Crippen LogP contribution in [0.2, 0.25) is 0 Å². The lowest BCUT2D eigenvalue weighted by Gasteiger charge is -2.27. The summed E-state index contributed by atoms with van der Waals surface area (Å²) in [5, 5.41) is 10.1. The predicted octanol–water partition coefficient (Wildman–Crippen LogP) is 1.43. The first kappa shape index (κ1) is 16.7. The first-order chi connectivity index (χ1) is 8.22. The van der Waals surface area contributed by atoms with E-state index in [4.69, 9.17) is 0 Å². The Labute approximate surface area is 103 Å². The van der Waals surface area contributed by atoms with Crippen molar-refractivity contribution in [1.82, 2.24) is 0 Å². The van der Waals surface area contributed by atoms with Crippen molar-refractivity contribution >= 4 is 11.9 Å². The molecule has 0 aliphatic carbocycles. The maximum Gasteiger partial charge on any atom is 0.425 e. The molecule has 0 aliphatic heterocycles. The fourth-order valence-electron chi connectivity index (χ4n) is 1.55. The largest absolute Gasteiger partial charge is 0.550 e. The van der Waals surface area contributed by atoms with Crippen molar-refractivity contribution in [2.24, 2.45) is 5.92 Å². The molecule has 18 heavy (non-hydrogen) atoms. The molecule has 0 spiro atoms. The van der Waals surface area contributed by atoms with Crippen LogP contribution < -0.4 is 5.11 Å². The second-order valence-corrected chi connectivity index (χ2v) is 3.90.